The first kappa shape index (κ1) is 19.8. The van der Waals surface area contributed by atoms with Gasteiger partial charge in [-0.1, -0.05) is 0 Å². The maximum absolute atomic E-state index is 13.7. The number of amides is 1. The molecule has 138 valence electrons. The van der Waals surface area contributed by atoms with Gasteiger partial charge in [0.1, 0.15) is 11.6 Å². The predicted molar refractivity (Wildman–Crippen MR) is 100 cm³/mol. The highest BCUT2D eigenvalue weighted by Crippen LogP contribution is 2.32. The van der Waals surface area contributed by atoms with Gasteiger partial charge in [-0.3, -0.25) is 14.9 Å². The van der Waals surface area contributed by atoms with Gasteiger partial charge in [-0.15, -0.1) is 0 Å². The lowest BCUT2D eigenvalue weighted by atomic mass is 10.1. The molecule has 26 heavy (non-hydrogen) atoms. The number of halogens is 2. The molecule has 1 N–H and O–H groups in total. The van der Waals surface area contributed by atoms with Gasteiger partial charge >= 0.3 is 0 Å². The third-order valence-electron chi connectivity index (χ3n) is 3.73. The van der Waals surface area contributed by atoms with Crippen LogP contribution in [0.4, 0.5) is 15.8 Å². The van der Waals surface area contributed by atoms with Crippen LogP contribution >= 0.6 is 15.9 Å². The molecule has 2 rings (SSSR count). The van der Waals surface area contributed by atoms with Crippen LogP contribution in [0.15, 0.2) is 34.8 Å². The average molecular weight is 425 g/mol. The largest absolute Gasteiger partial charge is 0.477 e. The number of rotatable bonds is 5. The van der Waals surface area contributed by atoms with Crippen LogP contribution in [0.1, 0.15) is 25.0 Å². The Hall–Kier alpha value is -2.48. The van der Waals surface area contributed by atoms with Crippen molar-refractivity contribution in [3.8, 4) is 5.75 Å². The number of nitro benzene ring substituents is 1. The van der Waals surface area contributed by atoms with E-state index < -0.39 is 16.4 Å². The lowest BCUT2D eigenvalue weighted by molar-refractivity contribution is -0.385. The molecule has 2 aromatic carbocycles. The van der Waals surface area contributed by atoms with Gasteiger partial charge in [0.05, 0.1) is 15.5 Å². The number of hydrogen-bond donors (Lipinski definition) is 1. The molecule has 0 saturated carbocycles. The Labute approximate surface area is 158 Å². The molecule has 0 saturated heterocycles. The first-order valence-electron chi connectivity index (χ1n) is 7.72. The summed E-state index contributed by atoms with van der Waals surface area (Å²) in [7, 11) is 0. The minimum atomic E-state index is -1.33. The van der Waals surface area contributed by atoms with Crippen molar-refractivity contribution in [1.82, 2.24) is 0 Å². The molecule has 0 heterocycles. The number of nitrogens with one attached hydrogen (secondary N) is 1. The maximum Gasteiger partial charge on any atom is 0.273 e. The summed E-state index contributed by atoms with van der Waals surface area (Å²) >= 11 is 3.25. The molecule has 0 radical (unpaired) electrons. The van der Waals surface area contributed by atoms with E-state index in [0.717, 1.165) is 0 Å². The fourth-order valence-electron chi connectivity index (χ4n) is 2.30. The zero-order valence-electron chi connectivity index (χ0n) is 14.7. The number of non-ortho nitro benzene ring substituents is 1. The van der Waals surface area contributed by atoms with Gasteiger partial charge in [-0.2, -0.15) is 0 Å². The molecule has 0 unspecified atom stereocenters. The van der Waals surface area contributed by atoms with Gasteiger partial charge in [-0.05, 0) is 73.0 Å². The van der Waals surface area contributed by atoms with Crippen LogP contribution in [0.5, 0.6) is 5.75 Å². The third kappa shape index (κ3) is 4.37. The first-order valence-corrected chi connectivity index (χ1v) is 8.51. The van der Waals surface area contributed by atoms with E-state index in [1.807, 2.05) is 0 Å². The van der Waals surface area contributed by atoms with Crippen molar-refractivity contribution in [3.05, 3.63) is 61.9 Å². The molecule has 1 amide bonds. The van der Waals surface area contributed by atoms with E-state index in [4.69, 9.17) is 4.74 Å². The highest BCUT2D eigenvalue weighted by molar-refractivity contribution is 9.10. The molecular formula is C18H18BrFN2O4. The van der Waals surface area contributed by atoms with Crippen molar-refractivity contribution < 1.29 is 18.8 Å². The van der Waals surface area contributed by atoms with E-state index in [-0.39, 0.29) is 17.3 Å². The summed E-state index contributed by atoms with van der Waals surface area (Å²) in [6.07, 6.45) is 0. The van der Waals surface area contributed by atoms with Crippen molar-refractivity contribution in [2.45, 2.75) is 33.3 Å². The summed E-state index contributed by atoms with van der Waals surface area (Å²) in [6.45, 7) is 6.30. The Kier molecular flexibility index (Phi) is 5.65. The van der Waals surface area contributed by atoms with E-state index >= 15 is 0 Å². The van der Waals surface area contributed by atoms with E-state index in [0.29, 0.717) is 21.3 Å². The molecule has 6 nitrogen and oxygen atoms in total. The Bertz CT molecular complexity index is 860. The highest BCUT2D eigenvalue weighted by atomic mass is 79.9. The normalized spacial score (nSPS) is 11.2. The molecule has 2 aromatic rings. The van der Waals surface area contributed by atoms with E-state index in [1.54, 1.807) is 13.8 Å². The second kappa shape index (κ2) is 7.41. The summed E-state index contributed by atoms with van der Waals surface area (Å²) in [4.78, 5) is 23.0. The lowest BCUT2D eigenvalue weighted by Crippen LogP contribution is -2.42. The van der Waals surface area contributed by atoms with Crippen LogP contribution in [-0.2, 0) is 4.79 Å². The Morgan fingerprint density at radius 2 is 1.81 bits per heavy atom. The number of nitrogens with zero attached hydrogens (tertiary/aromatic N) is 1. The number of nitro groups is 1. The number of carbonyl (C=O) groups excluding carboxylic acids is 1. The molecule has 0 aromatic heterocycles. The molecular weight excluding hydrogens is 407 g/mol. The number of carbonyl (C=O) groups is 1. The fourth-order valence-corrected chi connectivity index (χ4v) is 2.63. The summed E-state index contributed by atoms with van der Waals surface area (Å²) < 4.78 is 19.9. The van der Waals surface area contributed by atoms with Crippen molar-refractivity contribution in [2.75, 3.05) is 5.32 Å². The van der Waals surface area contributed by atoms with E-state index in [9.17, 15) is 19.3 Å². The second-order valence-electron chi connectivity index (χ2n) is 6.36. The average Bonchev–Trinajstić information content (AvgIpc) is 2.54. The Morgan fingerprint density at radius 3 is 2.35 bits per heavy atom. The summed E-state index contributed by atoms with van der Waals surface area (Å²) in [5, 5.41) is 13.6. The minimum Gasteiger partial charge on any atom is -0.477 e. The van der Waals surface area contributed by atoms with Crippen LogP contribution in [-0.4, -0.2) is 16.4 Å². The van der Waals surface area contributed by atoms with Crippen LogP contribution in [0.2, 0.25) is 0 Å². The predicted octanol–water partition coefficient (Wildman–Crippen LogP) is 4.91. The number of benzene rings is 2. The monoisotopic (exact) mass is 424 g/mol. The van der Waals surface area contributed by atoms with Crippen LogP contribution in [0.3, 0.4) is 0 Å². The van der Waals surface area contributed by atoms with Crippen molar-refractivity contribution in [3.63, 3.8) is 0 Å². The van der Waals surface area contributed by atoms with Gasteiger partial charge in [0, 0.05) is 11.8 Å². The standard InChI is InChI=1S/C18H18BrFN2O4/c1-10-7-12(8-11(2)16(10)20)21-17(23)18(3,4)26-15-9-13(22(24)25)5-6-14(15)19/h5-9H,1-4H3,(H,21,23). The molecule has 0 aliphatic carbocycles. The quantitative estimate of drug-likeness (QED) is 0.545. The number of anilines is 1. The van der Waals surface area contributed by atoms with Crippen LogP contribution in [0, 0.1) is 29.8 Å². The van der Waals surface area contributed by atoms with Gasteiger partial charge in [0.15, 0.2) is 5.60 Å². The SMILES string of the molecule is Cc1cc(NC(=O)C(C)(C)Oc2cc([N+](=O)[O-])ccc2Br)cc(C)c1F. The highest BCUT2D eigenvalue weighted by Gasteiger charge is 2.31. The number of aryl methyl sites for hydroxylation is 2. The Morgan fingerprint density at radius 1 is 1.23 bits per heavy atom. The maximum atomic E-state index is 13.7. The molecule has 8 heteroatoms. The summed E-state index contributed by atoms with van der Waals surface area (Å²) in [5.41, 5.74) is -0.195. The molecule has 0 spiro atoms. The molecule has 0 fully saturated rings. The molecule has 0 bridgehead atoms. The first-order chi connectivity index (χ1) is 12.0. The van der Waals surface area contributed by atoms with E-state index in [1.165, 1.54) is 44.2 Å². The third-order valence-corrected chi connectivity index (χ3v) is 4.39. The molecule has 0 aliphatic rings. The van der Waals surface area contributed by atoms with E-state index in [2.05, 4.69) is 21.2 Å². The molecule has 0 atom stereocenters. The zero-order chi connectivity index (χ0) is 19.6. The smallest absolute Gasteiger partial charge is 0.273 e. The van der Waals surface area contributed by atoms with Gasteiger partial charge in [-0.25, -0.2) is 4.39 Å². The minimum absolute atomic E-state index is 0.149. The summed E-state index contributed by atoms with van der Waals surface area (Å²) in [5.74, 6) is -0.619. The number of hydrogen-bond acceptors (Lipinski definition) is 4. The summed E-state index contributed by atoms with van der Waals surface area (Å²) in [6, 6.07) is 7.10. The Balaban J connectivity index is 2.23. The topological polar surface area (TPSA) is 81.5 Å². The zero-order valence-corrected chi connectivity index (χ0v) is 16.3. The van der Waals surface area contributed by atoms with Gasteiger partial charge < -0.3 is 10.1 Å². The van der Waals surface area contributed by atoms with Crippen molar-refractivity contribution in [2.24, 2.45) is 0 Å². The number of ether oxygens (including phenoxy) is 1. The fraction of sp³-hybridized carbons (Fsp3) is 0.278. The van der Waals surface area contributed by atoms with Crippen LogP contribution < -0.4 is 10.1 Å². The van der Waals surface area contributed by atoms with Crippen molar-refractivity contribution >= 4 is 33.2 Å². The van der Waals surface area contributed by atoms with Gasteiger partial charge in [0.25, 0.3) is 11.6 Å². The molecule has 0 aliphatic heterocycles. The lowest BCUT2D eigenvalue weighted by Gasteiger charge is -2.26. The van der Waals surface area contributed by atoms with Crippen LogP contribution in [0.25, 0.3) is 0 Å². The van der Waals surface area contributed by atoms with Crippen molar-refractivity contribution in [1.29, 1.82) is 0 Å². The van der Waals surface area contributed by atoms with Gasteiger partial charge in [0.2, 0.25) is 0 Å². The second-order valence-corrected chi connectivity index (χ2v) is 7.22.